The fourth-order valence-corrected chi connectivity index (χ4v) is 5.58. The minimum absolute atomic E-state index is 0.145. The fraction of sp³-hybridized carbons (Fsp3) is 0.452. The first-order valence-corrected chi connectivity index (χ1v) is 16.8. The molecule has 240 valence electrons. The van der Waals surface area contributed by atoms with E-state index in [2.05, 4.69) is 4.98 Å². The quantitative estimate of drug-likeness (QED) is 0.219. The van der Waals surface area contributed by atoms with Crippen molar-refractivity contribution in [2.75, 3.05) is 6.54 Å². The zero-order valence-electron chi connectivity index (χ0n) is 26.0. The lowest BCUT2D eigenvalue weighted by molar-refractivity contribution is -0.138. The van der Waals surface area contributed by atoms with Gasteiger partial charge in [0.1, 0.15) is 11.4 Å². The summed E-state index contributed by atoms with van der Waals surface area (Å²) in [5.74, 6) is -1.71. The summed E-state index contributed by atoms with van der Waals surface area (Å²) in [6, 6.07) is 8.37. The summed E-state index contributed by atoms with van der Waals surface area (Å²) in [6.45, 7) is 14.0. The number of nitrogens with zero attached hydrogens (tertiary/aromatic N) is 1. The monoisotopic (exact) mass is 636 g/mol. The van der Waals surface area contributed by atoms with Crippen molar-refractivity contribution in [1.82, 2.24) is 9.88 Å². The molecule has 0 spiro atoms. The van der Waals surface area contributed by atoms with E-state index in [1.54, 1.807) is 26.8 Å². The van der Waals surface area contributed by atoms with Crippen LogP contribution in [-0.4, -0.2) is 52.6 Å². The number of aromatic hydroxyl groups is 1. The molecule has 0 aliphatic heterocycles. The zero-order valence-corrected chi connectivity index (χ0v) is 27.0. The molecule has 0 bridgehead atoms. The van der Waals surface area contributed by atoms with Gasteiger partial charge >= 0.3 is 18.2 Å². The number of phenolic OH excluding ortho intramolecular Hbond substituents is 1. The molecule has 1 aromatic heterocycles. The van der Waals surface area contributed by atoms with Gasteiger partial charge < -0.3 is 29.3 Å². The van der Waals surface area contributed by atoms with Gasteiger partial charge in [-0.1, -0.05) is 32.9 Å². The smallest absolute Gasteiger partial charge is 0.416 e. The molecule has 0 saturated carbocycles. The Morgan fingerprint density at radius 1 is 1.00 bits per heavy atom. The molecule has 3 aromatic rings. The summed E-state index contributed by atoms with van der Waals surface area (Å²) >= 11 is 0. The third kappa shape index (κ3) is 8.20. The number of amides is 1. The van der Waals surface area contributed by atoms with Gasteiger partial charge in [-0.2, -0.15) is 13.2 Å². The summed E-state index contributed by atoms with van der Waals surface area (Å²) in [5.41, 5.74) is -2.88. The van der Waals surface area contributed by atoms with E-state index in [1.165, 1.54) is 18.2 Å². The SMILES string of the molecule is CC(C)(C)OC(=O)N(Cc1ccc(C(=O)O)cc1C(F)(F)F)C[C@H](O[Si](C)(C)C(C)(C)C)c1ccc(O)c2[nH]c(=O)ccc12. The Balaban J connectivity index is 2.23. The first-order valence-electron chi connectivity index (χ1n) is 13.9. The van der Waals surface area contributed by atoms with Crippen molar-refractivity contribution in [3.63, 3.8) is 0 Å². The number of carboxylic acid groups (broad SMARTS) is 1. The number of halogens is 3. The maximum absolute atomic E-state index is 14.1. The Bertz CT molecular complexity index is 1610. The predicted molar refractivity (Wildman–Crippen MR) is 162 cm³/mol. The first kappa shape index (κ1) is 34.6. The number of nitrogens with one attached hydrogen (secondary N) is 1. The van der Waals surface area contributed by atoms with Crippen molar-refractivity contribution in [2.24, 2.45) is 0 Å². The molecule has 13 heteroatoms. The van der Waals surface area contributed by atoms with Crippen LogP contribution in [0, 0.1) is 0 Å². The Morgan fingerprint density at radius 3 is 2.18 bits per heavy atom. The normalized spacial score (nSPS) is 13.5. The molecule has 3 N–H and O–H groups in total. The Labute approximate surface area is 254 Å². The van der Waals surface area contributed by atoms with E-state index < -0.39 is 61.5 Å². The summed E-state index contributed by atoms with van der Waals surface area (Å²) in [4.78, 5) is 40.8. The number of carbonyl (C=O) groups is 2. The van der Waals surface area contributed by atoms with Gasteiger partial charge in [0.2, 0.25) is 5.56 Å². The minimum Gasteiger partial charge on any atom is -0.506 e. The number of benzene rings is 2. The summed E-state index contributed by atoms with van der Waals surface area (Å²) in [5, 5.41) is 19.9. The van der Waals surface area contributed by atoms with E-state index in [1.807, 2.05) is 33.9 Å². The third-order valence-corrected chi connectivity index (χ3v) is 12.0. The number of hydrogen-bond donors (Lipinski definition) is 3. The van der Waals surface area contributed by atoms with Crippen LogP contribution in [0.5, 0.6) is 5.75 Å². The number of pyridine rings is 1. The number of hydrogen-bond acceptors (Lipinski definition) is 6. The highest BCUT2D eigenvalue weighted by atomic mass is 28.4. The highest BCUT2D eigenvalue weighted by molar-refractivity contribution is 6.74. The lowest BCUT2D eigenvalue weighted by Gasteiger charge is -2.41. The summed E-state index contributed by atoms with van der Waals surface area (Å²) < 4.78 is 54.8. The number of H-pyrrole nitrogens is 1. The zero-order chi connectivity index (χ0) is 33.4. The minimum atomic E-state index is -4.91. The highest BCUT2D eigenvalue weighted by Crippen LogP contribution is 2.42. The second-order valence-electron chi connectivity index (χ2n) is 13.2. The van der Waals surface area contributed by atoms with Crippen LogP contribution < -0.4 is 5.56 Å². The van der Waals surface area contributed by atoms with Crippen molar-refractivity contribution < 1.29 is 42.1 Å². The molecule has 0 aliphatic rings. The second kappa shape index (κ2) is 12.3. The van der Waals surface area contributed by atoms with Gasteiger partial charge in [-0.25, -0.2) is 9.59 Å². The molecule has 0 radical (unpaired) electrons. The number of aromatic nitrogens is 1. The molecule has 9 nitrogen and oxygen atoms in total. The van der Waals surface area contributed by atoms with Crippen molar-refractivity contribution in [1.29, 1.82) is 0 Å². The van der Waals surface area contributed by atoms with Gasteiger partial charge in [0, 0.05) is 18.0 Å². The number of phenols is 1. The standard InChI is InChI=1S/C31H39F3N2O7Si/c1-29(2,3)42-28(41)36(16-19-10-9-18(27(39)40)15-22(19)31(32,33)34)17-24(43-44(7,8)30(4,5)6)20-11-13-23(37)26-21(20)12-14-25(38)35-26/h9-15,24,37H,16-17H2,1-8H3,(H,35,38)(H,39,40)/t24-/m0/s1. The number of carbonyl (C=O) groups excluding carboxylic acids is 1. The molecule has 0 saturated heterocycles. The van der Waals surface area contributed by atoms with Crippen LogP contribution in [0.2, 0.25) is 18.1 Å². The van der Waals surface area contributed by atoms with E-state index in [-0.39, 0.29) is 28.4 Å². The van der Waals surface area contributed by atoms with Crippen LogP contribution in [0.4, 0.5) is 18.0 Å². The highest BCUT2D eigenvalue weighted by Gasteiger charge is 2.41. The largest absolute Gasteiger partial charge is 0.506 e. The van der Waals surface area contributed by atoms with Crippen LogP contribution >= 0.6 is 0 Å². The maximum atomic E-state index is 14.1. The molecule has 1 atom stereocenters. The van der Waals surface area contributed by atoms with Gasteiger partial charge in [0.15, 0.2) is 8.32 Å². The molecule has 44 heavy (non-hydrogen) atoms. The lowest BCUT2D eigenvalue weighted by atomic mass is 10.0. The molecule has 0 aliphatic carbocycles. The number of alkyl halides is 3. The van der Waals surface area contributed by atoms with E-state index in [9.17, 15) is 37.8 Å². The second-order valence-corrected chi connectivity index (χ2v) is 17.9. The van der Waals surface area contributed by atoms with Gasteiger partial charge in [0.05, 0.1) is 29.3 Å². The van der Waals surface area contributed by atoms with Crippen LogP contribution in [0.3, 0.4) is 0 Å². The average molecular weight is 637 g/mol. The number of fused-ring (bicyclic) bond motifs is 1. The van der Waals surface area contributed by atoms with Gasteiger partial charge in [-0.3, -0.25) is 4.79 Å². The van der Waals surface area contributed by atoms with Crippen LogP contribution in [0.15, 0.2) is 47.3 Å². The van der Waals surface area contributed by atoms with Crippen LogP contribution in [0.25, 0.3) is 10.9 Å². The van der Waals surface area contributed by atoms with E-state index in [0.717, 1.165) is 17.0 Å². The van der Waals surface area contributed by atoms with Gasteiger partial charge in [-0.15, -0.1) is 0 Å². The molecule has 1 heterocycles. The summed E-state index contributed by atoms with van der Waals surface area (Å²) in [7, 11) is -2.62. The predicted octanol–water partition coefficient (Wildman–Crippen LogP) is 7.45. The molecule has 1 amide bonds. The van der Waals surface area contributed by atoms with Gasteiger partial charge in [-0.05, 0) is 74.3 Å². The van der Waals surface area contributed by atoms with Crippen molar-refractivity contribution >= 4 is 31.3 Å². The summed E-state index contributed by atoms with van der Waals surface area (Å²) in [6.07, 6.45) is -6.74. The van der Waals surface area contributed by atoms with Gasteiger partial charge in [0.25, 0.3) is 0 Å². The van der Waals surface area contributed by atoms with E-state index in [0.29, 0.717) is 17.0 Å². The van der Waals surface area contributed by atoms with Crippen molar-refractivity contribution in [2.45, 2.75) is 84.1 Å². The van der Waals surface area contributed by atoms with Crippen LogP contribution in [-0.2, 0) is 21.9 Å². The number of aromatic amines is 1. The van der Waals surface area contributed by atoms with E-state index in [4.69, 9.17) is 9.16 Å². The Kier molecular flexibility index (Phi) is 9.66. The van der Waals surface area contributed by atoms with Crippen molar-refractivity contribution in [3.05, 3.63) is 75.1 Å². The Morgan fingerprint density at radius 2 is 1.64 bits per heavy atom. The van der Waals surface area contributed by atoms with E-state index >= 15 is 0 Å². The molecule has 3 rings (SSSR count). The van der Waals surface area contributed by atoms with Crippen LogP contribution in [0.1, 0.15) is 74.7 Å². The molecular weight excluding hydrogens is 597 g/mol. The topological polar surface area (TPSA) is 129 Å². The lowest BCUT2D eigenvalue weighted by Crippen LogP contribution is -2.45. The maximum Gasteiger partial charge on any atom is 0.416 e. The number of aromatic carboxylic acids is 1. The first-order chi connectivity index (χ1) is 20.0. The number of ether oxygens (including phenoxy) is 1. The Hall–Kier alpha value is -3.84. The molecule has 0 unspecified atom stereocenters. The molecule has 2 aromatic carbocycles. The average Bonchev–Trinajstić information content (AvgIpc) is 2.86. The third-order valence-electron chi connectivity index (χ3n) is 7.56. The number of carboxylic acids is 1. The fourth-order valence-electron chi connectivity index (χ4n) is 4.32. The number of rotatable bonds is 8. The molecule has 0 fully saturated rings. The van der Waals surface area contributed by atoms with Crippen molar-refractivity contribution in [3.8, 4) is 5.75 Å². The molecular formula is C31H39F3N2O7Si.